The van der Waals surface area contributed by atoms with Crippen molar-refractivity contribution in [3.63, 3.8) is 0 Å². The molecule has 0 heterocycles. The highest BCUT2D eigenvalue weighted by Gasteiger charge is 1.99. The minimum Gasteiger partial charge on any atom is -0.545 e. The molecule has 0 radical (unpaired) electrons. The molecule has 0 amide bonds. The third-order valence-electron chi connectivity index (χ3n) is 2.39. The highest BCUT2D eigenvalue weighted by atomic mass is 19.1. The lowest BCUT2D eigenvalue weighted by atomic mass is 10.2. The lowest BCUT2D eigenvalue weighted by Crippen LogP contribution is -2.22. The molecular formula is C14H10FO3-. The number of benzene rings is 2. The third kappa shape index (κ3) is 3.07. The van der Waals surface area contributed by atoms with E-state index in [9.17, 15) is 14.3 Å². The Kier molecular flexibility index (Phi) is 3.57. The normalized spacial score (nSPS) is 10.1. The van der Waals surface area contributed by atoms with Crippen LogP contribution < -0.4 is 9.84 Å². The molecule has 0 saturated carbocycles. The zero-order valence-corrected chi connectivity index (χ0v) is 9.43. The number of carbonyl (C=O) groups is 1. The molecule has 92 valence electrons. The van der Waals surface area contributed by atoms with Crippen molar-refractivity contribution in [2.24, 2.45) is 0 Å². The number of hydrogen-bond acceptors (Lipinski definition) is 3. The standard InChI is InChI=1S/C14H11FO3/c15-12-6-4-10(5-7-12)9-18-13-3-1-2-11(8-13)14(16)17/h1-8H,9H2,(H,16,17)/p-1. The summed E-state index contributed by atoms with van der Waals surface area (Å²) in [4.78, 5) is 10.7. The average molecular weight is 245 g/mol. The molecule has 0 aliphatic rings. The van der Waals surface area contributed by atoms with Crippen LogP contribution in [0.2, 0.25) is 0 Å². The summed E-state index contributed by atoms with van der Waals surface area (Å²) in [5.74, 6) is -1.12. The molecular weight excluding hydrogens is 235 g/mol. The van der Waals surface area contributed by atoms with Crippen molar-refractivity contribution in [1.29, 1.82) is 0 Å². The molecule has 0 aliphatic heterocycles. The molecule has 0 spiro atoms. The van der Waals surface area contributed by atoms with Crippen molar-refractivity contribution in [2.45, 2.75) is 6.61 Å². The molecule has 0 atom stereocenters. The van der Waals surface area contributed by atoms with Crippen LogP contribution in [0.1, 0.15) is 15.9 Å². The van der Waals surface area contributed by atoms with Gasteiger partial charge in [0.05, 0.1) is 5.97 Å². The average Bonchev–Trinajstić information content (AvgIpc) is 2.38. The summed E-state index contributed by atoms with van der Waals surface area (Å²) in [5.41, 5.74) is 0.863. The number of ether oxygens (including phenoxy) is 1. The Morgan fingerprint density at radius 2 is 1.89 bits per heavy atom. The molecule has 0 saturated heterocycles. The van der Waals surface area contributed by atoms with Crippen LogP contribution in [0, 0.1) is 5.82 Å². The van der Waals surface area contributed by atoms with Crippen LogP contribution in [0.15, 0.2) is 48.5 Å². The first-order valence-electron chi connectivity index (χ1n) is 5.34. The Hall–Kier alpha value is -2.36. The van der Waals surface area contributed by atoms with Crippen molar-refractivity contribution < 1.29 is 19.0 Å². The fourth-order valence-electron chi connectivity index (χ4n) is 1.46. The van der Waals surface area contributed by atoms with Gasteiger partial charge in [0.1, 0.15) is 18.2 Å². The Morgan fingerprint density at radius 1 is 1.17 bits per heavy atom. The number of rotatable bonds is 4. The summed E-state index contributed by atoms with van der Waals surface area (Å²) >= 11 is 0. The number of hydrogen-bond donors (Lipinski definition) is 0. The van der Waals surface area contributed by atoms with Crippen molar-refractivity contribution in [3.05, 3.63) is 65.5 Å². The predicted octanol–water partition coefficient (Wildman–Crippen LogP) is 1.77. The maximum Gasteiger partial charge on any atom is 0.123 e. The summed E-state index contributed by atoms with van der Waals surface area (Å²) in [5, 5.41) is 10.7. The molecule has 2 rings (SSSR count). The van der Waals surface area contributed by atoms with Gasteiger partial charge in [-0.3, -0.25) is 0 Å². The van der Waals surface area contributed by atoms with E-state index < -0.39 is 5.97 Å². The van der Waals surface area contributed by atoms with Crippen LogP contribution >= 0.6 is 0 Å². The highest BCUT2D eigenvalue weighted by molar-refractivity contribution is 5.86. The first-order valence-corrected chi connectivity index (χ1v) is 5.34. The summed E-state index contributed by atoms with van der Waals surface area (Å²) < 4.78 is 18.1. The second-order valence-electron chi connectivity index (χ2n) is 3.73. The third-order valence-corrected chi connectivity index (χ3v) is 2.39. The SMILES string of the molecule is O=C([O-])c1cccc(OCc2ccc(F)cc2)c1. The molecule has 0 aromatic heterocycles. The lowest BCUT2D eigenvalue weighted by Gasteiger charge is -2.08. The summed E-state index contributed by atoms with van der Waals surface area (Å²) in [6, 6.07) is 11.9. The Bertz CT molecular complexity index is 549. The van der Waals surface area contributed by atoms with Crippen molar-refractivity contribution in [2.75, 3.05) is 0 Å². The highest BCUT2D eigenvalue weighted by Crippen LogP contribution is 2.15. The Labute approximate surface area is 103 Å². The van der Waals surface area contributed by atoms with Gasteiger partial charge in [-0.2, -0.15) is 0 Å². The van der Waals surface area contributed by atoms with Crippen molar-refractivity contribution in [3.8, 4) is 5.75 Å². The molecule has 0 unspecified atom stereocenters. The molecule has 0 aliphatic carbocycles. The topological polar surface area (TPSA) is 49.4 Å². The fourth-order valence-corrected chi connectivity index (χ4v) is 1.46. The monoisotopic (exact) mass is 245 g/mol. The van der Waals surface area contributed by atoms with Gasteiger partial charge < -0.3 is 14.6 Å². The molecule has 0 fully saturated rings. The van der Waals surface area contributed by atoms with Gasteiger partial charge in [0.25, 0.3) is 0 Å². The molecule has 3 nitrogen and oxygen atoms in total. The van der Waals surface area contributed by atoms with Gasteiger partial charge in [-0.1, -0.05) is 24.3 Å². The molecule has 0 N–H and O–H groups in total. The largest absolute Gasteiger partial charge is 0.545 e. The Balaban J connectivity index is 2.04. The number of carboxylic acids is 1. The fraction of sp³-hybridized carbons (Fsp3) is 0.0714. The van der Waals surface area contributed by atoms with Crippen LogP contribution in [0.3, 0.4) is 0 Å². The van der Waals surface area contributed by atoms with Crippen molar-refractivity contribution in [1.82, 2.24) is 0 Å². The van der Waals surface area contributed by atoms with Gasteiger partial charge in [-0.15, -0.1) is 0 Å². The number of carbonyl (C=O) groups excluding carboxylic acids is 1. The molecule has 2 aromatic rings. The van der Waals surface area contributed by atoms with E-state index in [1.807, 2.05) is 0 Å². The Morgan fingerprint density at radius 3 is 2.56 bits per heavy atom. The lowest BCUT2D eigenvalue weighted by molar-refractivity contribution is -0.255. The van der Waals surface area contributed by atoms with E-state index in [4.69, 9.17) is 4.74 Å². The van der Waals surface area contributed by atoms with Crippen LogP contribution in [0.25, 0.3) is 0 Å². The molecule has 2 aromatic carbocycles. The predicted molar refractivity (Wildman–Crippen MR) is 61.5 cm³/mol. The van der Waals surface area contributed by atoms with Gasteiger partial charge in [-0.25, -0.2) is 4.39 Å². The summed E-state index contributed by atoms with van der Waals surface area (Å²) in [7, 11) is 0. The first kappa shape index (κ1) is 12.1. The smallest absolute Gasteiger partial charge is 0.123 e. The minimum atomic E-state index is -1.25. The van der Waals surface area contributed by atoms with E-state index in [1.54, 1.807) is 24.3 Å². The molecule has 18 heavy (non-hydrogen) atoms. The van der Waals surface area contributed by atoms with E-state index in [1.165, 1.54) is 24.3 Å². The maximum absolute atomic E-state index is 12.7. The van der Waals surface area contributed by atoms with Gasteiger partial charge in [0.15, 0.2) is 0 Å². The zero-order chi connectivity index (χ0) is 13.0. The summed E-state index contributed by atoms with van der Waals surface area (Å²) in [6.45, 7) is 0.247. The van der Waals surface area contributed by atoms with Gasteiger partial charge >= 0.3 is 0 Å². The second kappa shape index (κ2) is 5.31. The van der Waals surface area contributed by atoms with Crippen LogP contribution in [0.5, 0.6) is 5.75 Å². The van der Waals surface area contributed by atoms with Crippen LogP contribution in [0.4, 0.5) is 4.39 Å². The van der Waals surface area contributed by atoms with E-state index >= 15 is 0 Å². The summed E-state index contributed by atoms with van der Waals surface area (Å²) in [6.07, 6.45) is 0. The zero-order valence-electron chi connectivity index (χ0n) is 9.43. The number of halogens is 1. The van der Waals surface area contributed by atoms with E-state index in [2.05, 4.69) is 0 Å². The minimum absolute atomic E-state index is 0.0617. The van der Waals surface area contributed by atoms with Gasteiger partial charge in [-0.05, 0) is 29.8 Å². The number of aromatic carboxylic acids is 1. The first-order chi connectivity index (χ1) is 8.65. The maximum atomic E-state index is 12.7. The molecule has 4 heteroatoms. The van der Waals surface area contributed by atoms with E-state index in [0.29, 0.717) is 5.75 Å². The van der Waals surface area contributed by atoms with E-state index in [0.717, 1.165) is 5.56 Å². The second-order valence-corrected chi connectivity index (χ2v) is 3.73. The quantitative estimate of drug-likeness (QED) is 0.824. The molecule has 0 bridgehead atoms. The van der Waals surface area contributed by atoms with Gasteiger partial charge in [0, 0.05) is 5.56 Å². The van der Waals surface area contributed by atoms with Gasteiger partial charge in [0.2, 0.25) is 0 Å². The van der Waals surface area contributed by atoms with Crippen LogP contribution in [-0.4, -0.2) is 5.97 Å². The number of carboxylic acid groups (broad SMARTS) is 1. The van der Waals surface area contributed by atoms with Crippen LogP contribution in [-0.2, 0) is 6.61 Å². The van der Waals surface area contributed by atoms with E-state index in [-0.39, 0.29) is 18.0 Å². The van der Waals surface area contributed by atoms with Crippen molar-refractivity contribution >= 4 is 5.97 Å².